The highest BCUT2D eigenvalue weighted by Crippen LogP contribution is 2.51. The number of carboxylic acids is 1. The molecule has 144 valence electrons. The third-order valence-electron chi connectivity index (χ3n) is 6.08. The predicted molar refractivity (Wildman–Crippen MR) is 95.8 cm³/mol. The molecule has 2 aliphatic rings. The van der Waals surface area contributed by atoms with Gasteiger partial charge < -0.3 is 9.63 Å². The second-order valence-corrected chi connectivity index (χ2v) is 8.05. The van der Waals surface area contributed by atoms with E-state index in [0.29, 0.717) is 24.8 Å². The summed E-state index contributed by atoms with van der Waals surface area (Å²) < 4.78 is 19.9. The first-order chi connectivity index (χ1) is 12.9. The van der Waals surface area contributed by atoms with Crippen LogP contribution >= 0.6 is 0 Å². The second kappa shape index (κ2) is 6.71. The Bertz CT molecular complexity index is 853. The highest BCUT2D eigenvalue weighted by atomic mass is 19.1. The van der Waals surface area contributed by atoms with Crippen molar-refractivity contribution >= 4 is 5.97 Å². The second-order valence-electron chi connectivity index (χ2n) is 8.05. The van der Waals surface area contributed by atoms with Crippen LogP contribution in [-0.4, -0.2) is 39.2 Å². The maximum absolute atomic E-state index is 14.3. The monoisotopic (exact) mass is 373 g/mol. The van der Waals surface area contributed by atoms with Crippen LogP contribution in [0.1, 0.15) is 62.3 Å². The molecule has 0 amide bonds. The minimum absolute atomic E-state index is 0.168. The number of halogens is 1. The van der Waals surface area contributed by atoms with E-state index in [4.69, 9.17) is 4.52 Å². The lowest BCUT2D eigenvalue weighted by Gasteiger charge is -2.28. The van der Waals surface area contributed by atoms with Crippen LogP contribution in [0.5, 0.6) is 0 Å². The van der Waals surface area contributed by atoms with Crippen LogP contribution in [0.4, 0.5) is 4.39 Å². The van der Waals surface area contributed by atoms with Crippen molar-refractivity contribution in [3.8, 4) is 0 Å². The Balaban J connectivity index is 1.68. The summed E-state index contributed by atoms with van der Waals surface area (Å²) in [5.74, 6) is 0.161. The van der Waals surface area contributed by atoms with Crippen molar-refractivity contribution in [1.82, 2.24) is 15.0 Å². The first-order valence-corrected chi connectivity index (χ1v) is 9.48. The summed E-state index contributed by atoms with van der Waals surface area (Å²) in [7, 11) is 0. The maximum atomic E-state index is 14.3. The fraction of sp³-hybridized carbons (Fsp3) is 0.550. The van der Waals surface area contributed by atoms with E-state index in [1.165, 1.54) is 6.07 Å². The Morgan fingerprint density at radius 1 is 1.41 bits per heavy atom. The average molecular weight is 373 g/mol. The number of hydrogen-bond donors (Lipinski definition) is 1. The Kier molecular flexibility index (Phi) is 4.50. The van der Waals surface area contributed by atoms with Gasteiger partial charge in [0.25, 0.3) is 0 Å². The minimum Gasteiger partial charge on any atom is -0.480 e. The third kappa shape index (κ3) is 2.94. The topological polar surface area (TPSA) is 79.5 Å². The number of fused-ring (bicyclic) bond motifs is 1. The maximum Gasteiger partial charge on any atom is 0.325 e. The Morgan fingerprint density at radius 3 is 2.85 bits per heavy atom. The van der Waals surface area contributed by atoms with Gasteiger partial charge in [0, 0.05) is 24.6 Å². The van der Waals surface area contributed by atoms with Crippen LogP contribution in [-0.2, 0) is 10.2 Å². The van der Waals surface area contributed by atoms with Gasteiger partial charge in [0.1, 0.15) is 11.9 Å². The van der Waals surface area contributed by atoms with Crippen molar-refractivity contribution in [1.29, 1.82) is 0 Å². The van der Waals surface area contributed by atoms with Gasteiger partial charge >= 0.3 is 5.97 Å². The molecule has 2 heterocycles. The minimum atomic E-state index is -1.04. The first kappa shape index (κ1) is 18.1. The molecule has 2 fully saturated rings. The first-order valence-electron chi connectivity index (χ1n) is 9.48. The molecule has 0 bridgehead atoms. The van der Waals surface area contributed by atoms with Crippen LogP contribution in [0.25, 0.3) is 0 Å². The summed E-state index contributed by atoms with van der Waals surface area (Å²) in [5.41, 5.74) is -0.132. The largest absolute Gasteiger partial charge is 0.480 e. The van der Waals surface area contributed by atoms with Gasteiger partial charge in [-0.3, -0.25) is 9.69 Å². The van der Waals surface area contributed by atoms with Crippen LogP contribution in [0.2, 0.25) is 0 Å². The number of benzene rings is 1. The van der Waals surface area contributed by atoms with Crippen LogP contribution in [0, 0.1) is 11.7 Å². The zero-order valence-corrected chi connectivity index (χ0v) is 15.6. The van der Waals surface area contributed by atoms with Gasteiger partial charge in [0.2, 0.25) is 5.89 Å². The number of rotatable bonds is 5. The number of nitrogens with zero attached hydrogens (tertiary/aromatic N) is 3. The molecule has 1 aromatic carbocycles. The standard InChI is InChI=1S/C20H24FN3O3/c1-12(2)17-22-19(27-23-17)20-9-5-6-13(20)10-24(11-20)16(18(25)26)14-7-3-4-8-15(14)21/h3-4,7-8,12-13,16H,5-6,9-11H2,1-2H3,(H,25,26)/t13-,16?,20-/m0/s1. The molecule has 1 N–H and O–H groups in total. The van der Waals surface area contributed by atoms with Gasteiger partial charge in [-0.25, -0.2) is 4.39 Å². The SMILES string of the molecule is CC(C)c1noc([C@]23CCC[C@H]2CN(C(C(=O)O)c2ccccc2F)C3)n1. The highest BCUT2D eigenvalue weighted by Gasteiger charge is 2.56. The summed E-state index contributed by atoms with van der Waals surface area (Å²) in [4.78, 5) is 18.5. The van der Waals surface area contributed by atoms with Gasteiger partial charge in [0.05, 0.1) is 5.41 Å². The zero-order valence-electron chi connectivity index (χ0n) is 15.6. The van der Waals surface area contributed by atoms with Crippen molar-refractivity contribution < 1.29 is 18.8 Å². The van der Waals surface area contributed by atoms with Crippen molar-refractivity contribution in [3.05, 3.63) is 47.4 Å². The fourth-order valence-electron chi connectivity index (χ4n) is 4.73. The van der Waals surface area contributed by atoms with E-state index in [1.54, 1.807) is 18.2 Å². The lowest BCUT2D eigenvalue weighted by molar-refractivity contribution is -0.143. The molecular weight excluding hydrogens is 349 g/mol. The number of carboxylic acid groups (broad SMARTS) is 1. The van der Waals surface area contributed by atoms with E-state index < -0.39 is 17.8 Å². The predicted octanol–water partition coefficient (Wildman–Crippen LogP) is 3.51. The third-order valence-corrected chi connectivity index (χ3v) is 6.08. The molecule has 3 atom stereocenters. The van der Waals surface area contributed by atoms with Gasteiger partial charge in [-0.2, -0.15) is 4.98 Å². The molecule has 27 heavy (non-hydrogen) atoms. The number of aliphatic carboxylic acids is 1. The molecule has 1 unspecified atom stereocenters. The number of carbonyl (C=O) groups is 1. The summed E-state index contributed by atoms with van der Waals surface area (Å²) in [6.45, 7) is 5.10. The van der Waals surface area contributed by atoms with Crippen molar-refractivity contribution in [2.24, 2.45) is 5.92 Å². The molecule has 6 nitrogen and oxygen atoms in total. The Labute approximate surface area is 157 Å². The molecule has 1 aromatic heterocycles. The molecule has 0 spiro atoms. The Morgan fingerprint density at radius 2 is 2.19 bits per heavy atom. The van der Waals surface area contributed by atoms with Crippen LogP contribution in [0.15, 0.2) is 28.8 Å². The number of likely N-dealkylation sites (tertiary alicyclic amines) is 1. The van der Waals surface area contributed by atoms with Crippen molar-refractivity contribution in [2.75, 3.05) is 13.1 Å². The molecule has 0 radical (unpaired) electrons. The lowest BCUT2D eigenvalue weighted by atomic mass is 9.80. The zero-order chi connectivity index (χ0) is 19.2. The summed E-state index contributed by atoms with van der Waals surface area (Å²) in [6.07, 6.45) is 2.92. The molecule has 7 heteroatoms. The molecule has 1 aliphatic carbocycles. The summed E-state index contributed by atoms with van der Waals surface area (Å²) in [6, 6.07) is 5.10. The van der Waals surface area contributed by atoms with Gasteiger partial charge in [0.15, 0.2) is 5.82 Å². The smallest absolute Gasteiger partial charge is 0.325 e. The van der Waals surface area contributed by atoms with Crippen molar-refractivity contribution in [3.63, 3.8) is 0 Å². The van der Waals surface area contributed by atoms with Crippen LogP contribution < -0.4 is 0 Å². The quantitative estimate of drug-likeness (QED) is 0.864. The average Bonchev–Trinajstić information content (AvgIpc) is 3.30. The van der Waals surface area contributed by atoms with E-state index in [-0.39, 0.29) is 22.8 Å². The molecule has 2 aromatic rings. The van der Waals surface area contributed by atoms with Crippen LogP contribution in [0.3, 0.4) is 0 Å². The van der Waals surface area contributed by atoms with Gasteiger partial charge in [-0.1, -0.05) is 43.6 Å². The normalized spacial score (nSPS) is 26.4. The molecule has 1 saturated carbocycles. The summed E-state index contributed by atoms with van der Waals surface area (Å²) in [5, 5.41) is 14.0. The van der Waals surface area contributed by atoms with Gasteiger partial charge in [-0.05, 0) is 24.8 Å². The molecule has 4 rings (SSSR count). The number of aromatic nitrogens is 2. The van der Waals surface area contributed by atoms with E-state index in [9.17, 15) is 14.3 Å². The van der Waals surface area contributed by atoms with E-state index in [2.05, 4.69) is 10.1 Å². The fourth-order valence-corrected chi connectivity index (χ4v) is 4.73. The van der Waals surface area contributed by atoms with Gasteiger partial charge in [-0.15, -0.1) is 0 Å². The lowest BCUT2D eigenvalue weighted by Crippen LogP contribution is -2.37. The number of hydrogen-bond acceptors (Lipinski definition) is 5. The highest BCUT2D eigenvalue weighted by molar-refractivity contribution is 5.75. The molecule has 1 saturated heterocycles. The van der Waals surface area contributed by atoms with E-state index >= 15 is 0 Å². The molecular formula is C20H24FN3O3. The van der Waals surface area contributed by atoms with Crippen molar-refractivity contribution in [2.45, 2.75) is 50.5 Å². The summed E-state index contributed by atoms with van der Waals surface area (Å²) >= 11 is 0. The van der Waals surface area contributed by atoms with E-state index in [0.717, 1.165) is 19.3 Å². The molecule has 1 aliphatic heterocycles. The Hall–Kier alpha value is -2.28. The van der Waals surface area contributed by atoms with E-state index in [1.807, 2.05) is 18.7 Å².